The van der Waals surface area contributed by atoms with Crippen molar-refractivity contribution in [2.75, 3.05) is 26.7 Å². The van der Waals surface area contributed by atoms with Gasteiger partial charge >= 0.3 is 0 Å². The summed E-state index contributed by atoms with van der Waals surface area (Å²) in [4.78, 5) is 28.8. The Morgan fingerprint density at radius 3 is 2.48 bits per heavy atom. The minimum Gasteiger partial charge on any atom is -0.341 e. The van der Waals surface area contributed by atoms with Gasteiger partial charge in [-0.2, -0.15) is 0 Å². The van der Waals surface area contributed by atoms with Gasteiger partial charge in [0.15, 0.2) is 0 Å². The average Bonchev–Trinajstić information content (AvgIpc) is 2.67. The third kappa shape index (κ3) is 3.85. The highest BCUT2D eigenvalue weighted by atomic mass is 16.5. The quantitative estimate of drug-likeness (QED) is 0.643. The second-order valence-corrected chi connectivity index (χ2v) is 7.00. The van der Waals surface area contributed by atoms with Crippen LogP contribution in [0, 0.1) is 12.3 Å². The van der Waals surface area contributed by atoms with Gasteiger partial charge in [0, 0.05) is 19.6 Å². The molecule has 0 unspecified atom stereocenters. The van der Waals surface area contributed by atoms with Crippen LogP contribution in [-0.4, -0.2) is 59.5 Å². The van der Waals surface area contributed by atoms with Gasteiger partial charge in [0.25, 0.3) is 0 Å². The SMILES string of the molecule is CN1C[CH]C[C@H](C(=O)NO)[C@H]1C(=O)N1CCC(c2ccccc2)CC1. The van der Waals surface area contributed by atoms with Crippen LogP contribution in [0.5, 0.6) is 0 Å². The Morgan fingerprint density at radius 1 is 1.16 bits per heavy atom. The first-order valence-electron chi connectivity index (χ1n) is 8.91. The fraction of sp³-hybridized carbons (Fsp3) is 0.526. The molecule has 2 N–H and O–H groups in total. The molecule has 6 nitrogen and oxygen atoms in total. The second kappa shape index (κ2) is 7.97. The van der Waals surface area contributed by atoms with Crippen LogP contribution in [0.25, 0.3) is 0 Å². The molecule has 135 valence electrons. The van der Waals surface area contributed by atoms with Crippen molar-refractivity contribution in [2.45, 2.75) is 31.2 Å². The lowest BCUT2D eigenvalue weighted by Crippen LogP contribution is -2.57. The number of carbonyl (C=O) groups is 2. The molecule has 1 aromatic rings. The molecule has 2 heterocycles. The van der Waals surface area contributed by atoms with Crippen molar-refractivity contribution < 1.29 is 14.8 Å². The molecular formula is C19H26N3O3. The molecule has 1 radical (unpaired) electrons. The number of hydrogen-bond donors (Lipinski definition) is 2. The van der Waals surface area contributed by atoms with E-state index >= 15 is 0 Å². The molecule has 2 amide bonds. The van der Waals surface area contributed by atoms with Crippen molar-refractivity contribution in [3.8, 4) is 0 Å². The molecule has 2 aliphatic rings. The van der Waals surface area contributed by atoms with E-state index in [-0.39, 0.29) is 5.91 Å². The van der Waals surface area contributed by atoms with Crippen LogP contribution in [0.4, 0.5) is 0 Å². The van der Waals surface area contributed by atoms with E-state index in [2.05, 4.69) is 24.3 Å². The summed E-state index contributed by atoms with van der Waals surface area (Å²) in [6.45, 7) is 2.09. The summed E-state index contributed by atoms with van der Waals surface area (Å²) >= 11 is 0. The molecule has 1 aromatic carbocycles. The summed E-state index contributed by atoms with van der Waals surface area (Å²) in [6, 6.07) is 9.91. The number of hydrogen-bond acceptors (Lipinski definition) is 4. The first-order chi connectivity index (χ1) is 12.1. The first kappa shape index (κ1) is 17.9. The molecule has 0 saturated carbocycles. The van der Waals surface area contributed by atoms with E-state index in [9.17, 15) is 9.59 Å². The van der Waals surface area contributed by atoms with Crippen molar-refractivity contribution in [3.63, 3.8) is 0 Å². The van der Waals surface area contributed by atoms with Crippen molar-refractivity contribution in [1.82, 2.24) is 15.3 Å². The number of rotatable bonds is 3. The predicted molar refractivity (Wildman–Crippen MR) is 93.8 cm³/mol. The highest BCUT2D eigenvalue weighted by Crippen LogP contribution is 2.30. The third-order valence-electron chi connectivity index (χ3n) is 5.47. The highest BCUT2D eigenvalue weighted by molar-refractivity contribution is 5.90. The molecule has 0 bridgehead atoms. The maximum absolute atomic E-state index is 13.0. The van der Waals surface area contributed by atoms with Gasteiger partial charge in [-0.05, 0) is 44.2 Å². The predicted octanol–water partition coefficient (Wildman–Crippen LogP) is 1.42. The minimum absolute atomic E-state index is 0.00397. The van der Waals surface area contributed by atoms with Crippen molar-refractivity contribution in [2.24, 2.45) is 5.92 Å². The number of piperidine rings is 2. The molecule has 2 atom stereocenters. The Kier molecular flexibility index (Phi) is 5.71. The largest absolute Gasteiger partial charge is 0.341 e. The Morgan fingerprint density at radius 2 is 1.84 bits per heavy atom. The third-order valence-corrected chi connectivity index (χ3v) is 5.47. The highest BCUT2D eigenvalue weighted by Gasteiger charge is 2.41. The van der Waals surface area contributed by atoms with Gasteiger partial charge in [-0.25, -0.2) is 5.48 Å². The van der Waals surface area contributed by atoms with Gasteiger partial charge in [0.2, 0.25) is 11.8 Å². The Labute approximate surface area is 148 Å². The van der Waals surface area contributed by atoms with Crippen molar-refractivity contribution in [1.29, 1.82) is 0 Å². The summed E-state index contributed by atoms with van der Waals surface area (Å²) in [6.07, 6.45) is 4.36. The van der Waals surface area contributed by atoms with E-state index in [0.29, 0.717) is 32.0 Å². The first-order valence-corrected chi connectivity index (χ1v) is 8.91. The maximum atomic E-state index is 13.0. The lowest BCUT2D eigenvalue weighted by Gasteiger charge is -2.41. The standard InChI is InChI=1S/C19H26N3O3/c1-21-11-5-8-16(18(23)20-25)17(21)19(24)22-12-9-15(10-13-22)14-6-3-2-4-7-14/h2-7,15-17,25H,8-13H2,1H3,(H,20,23)/t16-,17-/m0/s1. The van der Waals surface area contributed by atoms with Crippen LogP contribution in [0.2, 0.25) is 0 Å². The van der Waals surface area contributed by atoms with Gasteiger partial charge in [0.1, 0.15) is 6.04 Å². The lowest BCUT2D eigenvalue weighted by molar-refractivity contribution is -0.148. The zero-order chi connectivity index (χ0) is 17.8. The van der Waals surface area contributed by atoms with E-state index in [1.807, 2.05) is 29.3 Å². The van der Waals surface area contributed by atoms with E-state index in [1.165, 1.54) is 5.56 Å². The molecule has 2 saturated heterocycles. The summed E-state index contributed by atoms with van der Waals surface area (Å²) in [7, 11) is 1.85. The second-order valence-electron chi connectivity index (χ2n) is 7.00. The van der Waals surface area contributed by atoms with Gasteiger partial charge in [-0.1, -0.05) is 30.3 Å². The molecule has 0 aromatic heterocycles. The molecule has 2 fully saturated rings. The van der Waals surface area contributed by atoms with Crippen LogP contribution in [0.1, 0.15) is 30.7 Å². The molecule has 2 aliphatic heterocycles. The maximum Gasteiger partial charge on any atom is 0.248 e. The summed E-state index contributed by atoms with van der Waals surface area (Å²) < 4.78 is 0. The van der Waals surface area contributed by atoms with E-state index < -0.39 is 17.9 Å². The van der Waals surface area contributed by atoms with Crippen molar-refractivity contribution >= 4 is 11.8 Å². The van der Waals surface area contributed by atoms with Crippen LogP contribution in [0.15, 0.2) is 30.3 Å². The number of hydroxylamine groups is 1. The molecule has 25 heavy (non-hydrogen) atoms. The molecule has 6 heteroatoms. The van der Waals surface area contributed by atoms with Gasteiger partial charge in [-0.3, -0.25) is 19.7 Å². The minimum atomic E-state index is -0.539. The lowest BCUT2D eigenvalue weighted by atomic mass is 9.86. The van der Waals surface area contributed by atoms with Gasteiger partial charge in [0.05, 0.1) is 5.92 Å². The average molecular weight is 344 g/mol. The number of nitrogens with one attached hydrogen (secondary N) is 1. The van der Waals surface area contributed by atoms with Crippen LogP contribution < -0.4 is 5.48 Å². The van der Waals surface area contributed by atoms with E-state index in [4.69, 9.17) is 5.21 Å². The molecule has 0 aliphatic carbocycles. The normalized spacial score (nSPS) is 25.6. The smallest absolute Gasteiger partial charge is 0.248 e. The fourth-order valence-electron chi connectivity index (χ4n) is 4.05. The topological polar surface area (TPSA) is 72.9 Å². The zero-order valence-electron chi connectivity index (χ0n) is 14.6. The Bertz CT molecular complexity index is 599. The van der Waals surface area contributed by atoms with Gasteiger partial charge in [-0.15, -0.1) is 0 Å². The zero-order valence-corrected chi connectivity index (χ0v) is 14.6. The number of carbonyl (C=O) groups excluding carboxylic acids is 2. The fourth-order valence-corrected chi connectivity index (χ4v) is 4.05. The van der Waals surface area contributed by atoms with E-state index in [1.54, 1.807) is 5.48 Å². The Balaban J connectivity index is 1.65. The number of likely N-dealkylation sites (tertiary alicyclic amines) is 2. The van der Waals surface area contributed by atoms with Crippen LogP contribution in [-0.2, 0) is 9.59 Å². The molecule has 0 spiro atoms. The molecular weight excluding hydrogens is 318 g/mol. The van der Waals surface area contributed by atoms with Crippen LogP contribution >= 0.6 is 0 Å². The van der Waals surface area contributed by atoms with Crippen molar-refractivity contribution in [3.05, 3.63) is 42.3 Å². The number of benzene rings is 1. The summed E-state index contributed by atoms with van der Waals surface area (Å²) in [5.74, 6) is -0.543. The van der Waals surface area contributed by atoms with Gasteiger partial charge < -0.3 is 4.90 Å². The van der Waals surface area contributed by atoms with Crippen LogP contribution in [0.3, 0.4) is 0 Å². The Hall–Kier alpha value is -1.92. The number of amides is 2. The summed E-state index contributed by atoms with van der Waals surface area (Å²) in [5, 5.41) is 8.99. The van der Waals surface area contributed by atoms with E-state index in [0.717, 1.165) is 12.8 Å². The number of likely N-dealkylation sites (N-methyl/N-ethyl adjacent to an activating group) is 1. The monoisotopic (exact) mass is 344 g/mol. The number of nitrogens with zero attached hydrogens (tertiary/aromatic N) is 2. The summed E-state index contributed by atoms with van der Waals surface area (Å²) in [5.41, 5.74) is 3.05. The molecule has 3 rings (SSSR count).